The zero-order valence-corrected chi connectivity index (χ0v) is 16.4. The number of thiazole rings is 1. The lowest BCUT2D eigenvalue weighted by molar-refractivity contribution is 0.0977. The highest BCUT2D eigenvalue weighted by atomic mass is 32.1. The average molecular weight is 386 g/mol. The lowest BCUT2D eigenvalue weighted by Crippen LogP contribution is -2.34. The van der Waals surface area contributed by atoms with Gasteiger partial charge in [-0.1, -0.05) is 29.5 Å². The van der Waals surface area contributed by atoms with E-state index >= 15 is 0 Å². The first-order chi connectivity index (χ1) is 12.5. The fraction of sp³-hybridized carbons (Fsp3) is 0.211. The van der Waals surface area contributed by atoms with Crippen molar-refractivity contribution in [3.8, 4) is 5.75 Å². The Bertz CT molecular complexity index is 943. The molecule has 0 aliphatic carbocycles. The van der Waals surface area contributed by atoms with E-state index in [1.165, 1.54) is 16.9 Å². The first-order valence-electron chi connectivity index (χ1n) is 8.20. The molecule has 0 saturated heterocycles. The molecule has 5 nitrogen and oxygen atoms in total. The van der Waals surface area contributed by atoms with E-state index in [4.69, 9.17) is 17.0 Å². The lowest BCUT2D eigenvalue weighted by Gasteiger charge is -2.08. The molecular formula is C19H19N3O2S2. The molecule has 0 atom stereocenters. The number of aromatic nitrogens is 1. The molecule has 134 valence electrons. The molecule has 1 amide bonds. The highest BCUT2D eigenvalue weighted by Gasteiger charge is 2.12. The molecule has 0 spiro atoms. The van der Waals surface area contributed by atoms with E-state index in [0.29, 0.717) is 23.1 Å². The van der Waals surface area contributed by atoms with Crippen molar-refractivity contribution in [2.75, 3.05) is 11.9 Å². The Balaban J connectivity index is 1.71. The van der Waals surface area contributed by atoms with Gasteiger partial charge in [0.1, 0.15) is 5.75 Å². The maximum atomic E-state index is 12.4. The van der Waals surface area contributed by atoms with Gasteiger partial charge in [-0.2, -0.15) is 0 Å². The van der Waals surface area contributed by atoms with Crippen LogP contribution in [0.5, 0.6) is 5.75 Å². The van der Waals surface area contributed by atoms with Crippen molar-refractivity contribution in [2.24, 2.45) is 0 Å². The number of carbonyl (C=O) groups excluding carboxylic acids is 1. The first-order valence-corrected chi connectivity index (χ1v) is 9.42. The number of carbonyl (C=O) groups is 1. The second-order valence-electron chi connectivity index (χ2n) is 5.77. The van der Waals surface area contributed by atoms with Gasteiger partial charge >= 0.3 is 0 Å². The molecule has 2 aromatic carbocycles. The van der Waals surface area contributed by atoms with Crippen molar-refractivity contribution in [3.05, 3.63) is 53.1 Å². The molecule has 0 radical (unpaired) electrons. The van der Waals surface area contributed by atoms with Crippen LogP contribution in [-0.2, 0) is 0 Å². The number of hydrogen-bond donors (Lipinski definition) is 2. The number of amides is 1. The van der Waals surface area contributed by atoms with E-state index in [-0.39, 0.29) is 11.0 Å². The Kier molecular flexibility index (Phi) is 5.49. The number of fused-ring (bicyclic) bond motifs is 1. The van der Waals surface area contributed by atoms with Gasteiger partial charge < -0.3 is 10.1 Å². The number of anilines is 1. The van der Waals surface area contributed by atoms with Gasteiger partial charge in [0.05, 0.1) is 16.8 Å². The van der Waals surface area contributed by atoms with Crippen LogP contribution in [0.25, 0.3) is 10.2 Å². The van der Waals surface area contributed by atoms with Crippen molar-refractivity contribution < 1.29 is 9.53 Å². The summed E-state index contributed by atoms with van der Waals surface area (Å²) in [5.41, 5.74) is 3.71. The monoisotopic (exact) mass is 385 g/mol. The van der Waals surface area contributed by atoms with E-state index < -0.39 is 0 Å². The molecule has 7 heteroatoms. The van der Waals surface area contributed by atoms with Gasteiger partial charge in [0.15, 0.2) is 10.2 Å². The standard InChI is InChI=1S/C19H19N3O2S2/c1-4-24-14-7-5-6-13(10-14)17(23)21-18(25)22-19-20-15-11(2)8-9-12(3)16(15)26-19/h5-10H,4H2,1-3H3,(H2,20,21,22,23,25). The van der Waals surface area contributed by atoms with Crippen LogP contribution < -0.4 is 15.4 Å². The van der Waals surface area contributed by atoms with E-state index in [0.717, 1.165) is 15.8 Å². The van der Waals surface area contributed by atoms with Gasteiger partial charge in [0.2, 0.25) is 0 Å². The van der Waals surface area contributed by atoms with Crippen LogP contribution in [0.15, 0.2) is 36.4 Å². The maximum Gasteiger partial charge on any atom is 0.257 e. The molecule has 1 aromatic heterocycles. The number of hydrogen-bond acceptors (Lipinski definition) is 5. The Morgan fingerprint density at radius 1 is 1.23 bits per heavy atom. The quantitative estimate of drug-likeness (QED) is 0.650. The van der Waals surface area contributed by atoms with Gasteiger partial charge in [-0.05, 0) is 62.3 Å². The van der Waals surface area contributed by atoms with E-state index in [9.17, 15) is 4.79 Å². The van der Waals surface area contributed by atoms with E-state index in [1.807, 2.05) is 26.0 Å². The summed E-state index contributed by atoms with van der Waals surface area (Å²) in [6.07, 6.45) is 0. The first kappa shape index (κ1) is 18.3. The Morgan fingerprint density at radius 3 is 2.73 bits per heavy atom. The van der Waals surface area contributed by atoms with Gasteiger partial charge in [-0.25, -0.2) is 4.98 Å². The molecule has 26 heavy (non-hydrogen) atoms. The number of benzene rings is 2. The van der Waals surface area contributed by atoms with Crippen LogP contribution in [0, 0.1) is 13.8 Å². The van der Waals surface area contributed by atoms with Crippen LogP contribution in [0.2, 0.25) is 0 Å². The maximum absolute atomic E-state index is 12.4. The minimum atomic E-state index is -0.294. The van der Waals surface area contributed by atoms with Crippen LogP contribution in [0.4, 0.5) is 5.13 Å². The van der Waals surface area contributed by atoms with Crippen LogP contribution in [-0.4, -0.2) is 22.6 Å². The zero-order chi connectivity index (χ0) is 18.7. The second kappa shape index (κ2) is 7.80. The number of rotatable bonds is 4. The molecule has 0 unspecified atom stereocenters. The van der Waals surface area contributed by atoms with Gasteiger partial charge in [0.25, 0.3) is 5.91 Å². The minimum absolute atomic E-state index is 0.214. The number of thiocarbonyl (C=S) groups is 1. The fourth-order valence-electron chi connectivity index (χ4n) is 2.51. The summed E-state index contributed by atoms with van der Waals surface area (Å²) in [7, 11) is 0. The Hall–Kier alpha value is -2.51. The average Bonchev–Trinajstić information content (AvgIpc) is 3.03. The predicted molar refractivity (Wildman–Crippen MR) is 110 cm³/mol. The van der Waals surface area contributed by atoms with Crippen LogP contribution >= 0.6 is 23.6 Å². The van der Waals surface area contributed by atoms with Crippen molar-refractivity contribution >= 4 is 49.9 Å². The third-order valence-corrected chi connectivity index (χ3v) is 5.11. The summed E-state index contributed by atoms with van der Waals surface area (Å²) in [5, 5.41) is 6.55. The number of aryl methyl sites for hydroxylation is 2. The molecular weight excluding hydrogens is 366 g/mol. The van der Waals surface area contributed by atoms with Crippen molar-refractivity contribution in [1.29, 1.82) is 0 Å². The topological polar surface area (TPSA) is 63.2 Å². The smallest absolute Gasteiger partial charge is 0.257 e. The van der Waals surface area contributed by atoms with E-state index in [2.05, 4.69) is 28.6 Å². The Labute approximate surface area is 161 Å². The van der Waals surface area contributed by atoms with Gasteiger partial charge in [-0.3, -0.25) is 10.1 Å². The number of nitrogens with one attached hydrogen (secondary N) is 2. The largest absolute Gasteiger partial charge is 0.494 e. The summed E-state index contributed by atoms with van der Waals surface area (Å²) in [6, 6.07) is 11.1. The molecule has 0 bridgehead atoms. The molecule has 2 N–H and O–H groups in total. The summed E-state index contributed by atoms with van der Waals surface area (Å²) in [4.78, 5) is 17.0. The lowest BCUT2D eigenvalue weighted by atomic mass is 10.1. The summed E-state index contributed by atoms with van der Waals surface area (Å²) in [6.45, 7) is 6.51. The number of ether oxygens (including phenoxy) is 1. The van der Waals surface area contributed by atoms with Crippen molar-refractivity contribution in [3.63, 3.8) is 0 Å². The van der Waals surface area contributed by atoms with Crippen LogP contribution in [0.1, 0.15) is 28.4 Å². The van der Waals surface area contributed by atoms with Crippen LogP contribution in [0.3, 0.4) is 0 Å². The third kappa shape index (κ3) is 4.00. The molecule has 3 aromatic rings. The number of nitrogens with zero attached hydrogens (tertiary/aromatic N) is 1. The third-order valence-electron chi connectivity index (χ3n) is 3.80. The molecule has 0 fully saturated rings. The normalized spacial score (nSPS) is 10.6. The molecule has 0 saturated carbocycles. The summed E-state index contributed by atoms with van der Waals surface area (Å²) >= 11 is 6.78. The highest BCUT2D eigenvalue weighted by molar-refractivity contribution is 7.80. The predicted octanol–water partition coefficient (Wildman–Crippen LogP) is 4.44. The van der Waals surface area contributed by atoms with Crippen molar-refractivity contribution in [1.82, 2.24) is 10.3 Å². The Morgan fingerprint density at radius 2 is 2.00 bits per heavy atom. The fourth-order valence-corrected chi connectivity index (χ4v) is 3.78. The summed E-state index contributed by atoms with van der Waals surface area (Å²) < 4.78 is 6.53. The molecule has 3 rings (SSSR count). The van der Waals surface area contributed by atoms with Crippen molar-refractivity contribution in [2.45, 2.75) is 20.8 Å². The minimum Gasteiger partial charge on any atom is -0.494 e. The zero-order valence-electron chi connectivity index (χ0n) is 14.8. The SMILES string of the molecule is CCOc1cccc(C(=O)NC(=S)Nc2nc3c(C)ccc(C)c3s2)c1. The van der Waals surface area contributed by atoms with E-state index in [1.54, 1.807) is 18.2 Å². The second-order valence-corrected chi connectivity index (χ2v) is 7.17. The van der Waals surface area contributed by atoms with Gasteiger partial charge in [-0.15, -0.1) is 0 Å². The molecule has 0 aliphatic heterocycles. The van der Waals surface area contributed by atoms with Gasteiger partial charge in [0, 0.05) is 5.56 Å². The molecule has 0 aliphatic rings. The molecule has 1 heterocycles. The highest BCUT2D eigenvalue weighted by Crippen LogP contribution is 2.30. The summed E-state index contributed by atoms with van der Waals surface area (Å²) in [5.74, 6) is 0.355.